The lowest BCUT2D eigenvalue weighted by Gasteiger charge is -2.11. The summed E-state index contributed by atoms with van der Waals surface area (Å²) in [4.78, 5) is 0. The number of aryl methyl sites for hydroxylation is 1. The van der Waals surface area contributed by atoms with E-state index in [1.54, 1.807) is 7.11 Å². The van der Waals surface area contributed by atoms with Crippen molar-refractivity contribution in [1.29, 1.82) is 0 Å². The molecule has 1 aliphatic rings. The number of methoxy groups -OCH3 is 1. The molecule has 0 unspecified atom stereocenters. The molecule has 2 rings (SSSR count). The van der Waals surface area contributed by atoms with Crippen LogP contribution in [0.1, 0.15) is 18.9 Å². The zero-order valence-corrected chi connectivity index (χ0v) is 10.3. The average Bonchev–Trinajstić information content (AvgIpc) is 2.77. The first-order valence-electron chi connectivity index (χ1n) is 5.89. The van der Waals surface area contributed by atoms with Gasteiger partial charge in [-0.1, -0.05) is 13.3 Å². The van der Waals surface area contributed by atoms with Gasteiger partial charge in [-0.25, -0.2) is 0 Å². The second kappa shape index (κ2) is 5.77. The Morgan fingerprint density at radius 2 is 1.94 bits per heavy atom. The summed E-state index contributed by atoms with van der Waals surface area (Å²) in [6, 6.07) is 3.91. The second-order valence-corrected chi connectivity index (χ2v) is 3.90. The number of ether oxygens (including phenoxy) is 4. The van der Waals surface area contributed by atoms with Crippen LogP contribution in [-0.2, 0) is 11.2 Å². The van der Waals surface area contributed by atoms with Crippen LogP contribution in [0.4, 0.5) is 0 Å². The number of fused-ring (bicyclic) bond motifs is 1. The zero-order valence-electron chi connectivity index (χ0n) is 10.3. The van der Waals surface area contributed by atoms with Gasteiger partial charge >= 0.3 is 0 Å². The van der Waals surface area contributed by atoms with Gasteiger partial charge in [-0.05, 0) is 18.1 Å². The van der Waals surface area contributed by atoms with E-state index in [0.29, 0.717) is 20.0 Å². The van der Waals surface area contributed by atoms with E-state index >= 15 is 0 Å². The molecule has 4 heteroatoms. The van der Waals surface area contributed by atoms with E-state index < -0.39 is 0 Å². The Morgan fingerprint density at radius 3 is 2.65 bits per heavy atom. The molecule has 94 valence electrons. The minimum absolute atomic E-state index is 0.294. The van der Waals surface area contributed by atoms with Crippen molar-refractivity contribution in [2.45, 2.75) is 19.8 Å². The summed E-state index contributed by atoms with van der Waals surface area (Å²) in [6.07, 6.45) is 2.04. The molecule has 0 aromatic heterocycles. The van der Waals surface area contributed by atoms with Gasteiger partial charge in [0, 0.05) is 13.2 Å². The van der Waals surface area contributed by atoms with Crippen LogP contribution >= 0.6 is 0 Å². The molecule has 1 aromatic carbocycles. The van der Waals surface area contributed by atoms with Crippen LogP contribution < -0.4 is 14.2 Å². The van der Waals surface area contributed by atoms with Gasteiger partial charge in [0.05, 0.1) is 6.61 Å². The fourth-order valence-electron chi connectivity index (χ4n) is 1.80. The lowest BCUT2D eigenvalue weighted by Crippen LogP contribution is -2.06. The molecule has 0 atom stereocenters. The Hall–Kier alpha value is -1.42. The van der Waals surface area contributed by atoms with E-state index in [2.05, 4.69) is 6.92 Å². The van der Waals surface area contributed by atoms with Crippen LogP contribution in [-0.4, -0.2) is 27.1 Å². The normalized spacial score (nSPS) is 12.8. The van der Waals surface area contributed by atoms with E-state index in [-0.39, 0.29) is 0 Å². The number of hydrogen-bond donors (Lipinski definition) is 0. The lowest BCUT2D eigenvalue weighted by molar-refractivity contribution is 0.145. The Morgan fingerprint density at radius 1 is 1.18 bits per heavy atom. The largest absolute Gasteiger partial charge is 0.491 e. The molecule has 0 aliphatic carbocycles. The summed E-state index contributed by atoms with van der Waals surface area (Å²) in [5, 5.41) is 0. The van der Waals surface area contributed by atoms with Crippen molar-refractivity contribution in [1.82, 2.24) is 0 Å². The summed E-state index contributed by atoms with van der Waals surface area (Å²) in [5.74, 6) is 2.44. The summed E-state index contributed by atoms with van der Waals surface area (Å²) < 4.78 is 21.4. The molecular weight excluding hydrogens is 220 g/mol. The smallest absolute Gasteiger partial charge is 0.231 e. The highest BCUT2D eigenvalue weighted by Gasteiger charge is 2.17. The van der Waals surface area contributed by atoms with Gasteiger partial charge in [0.25, 0.3) is 0 Å². The number of benzene rings is 1. The Labute approximate surface area is 101 Å². The van der Waals surface area contributed by atoms with Gasteiger partial charge in [0.2, 0.25) is 6.79 Å². The molecule has 4 nitrogen and oxygen atoms in total. The molecule has 1 aliphatic heterocycles. The maximum atomic E-state index is 5.69. The first-order chi connectivity index (χ1) is 8.35. The van der Waals surface area contributed by atoms with Crippen molar-refractivity contribution >= 4 is 0 Å². The maximum Gasteiger partial charge on any atom is 0.231 e. The van der Waals surface area contributed by atoms with Crippen LogP contribution in [0.3, 0.4) is 0 Å². The molecule has 0 radical (unpaired) electrons. The number of rotatable bonds is 6. The molecule has 0 saturated heterocycles. The molecule has 0 bridgehead atoms. The summed E-state index contributed by atoms with van der Waals surface area (Å²) in [5.41, 5.74) is 1.16. The van der Waals surface area contributed by atoms with Gasteiger partial charge in [-0.15, -0.1) is 0 Å². The molecule has 0 amide bonds. The topological polar surface area (TPSA) is 36.9 Å². The zero-order chi connectivity index (χ0) is 12.1. The van der Waals surface area contributed by atoms with Crippen molar-refractivity contribution < 1.29 is 18.9 Å². The van der Waals surface area contributed by atoms with E-state index in [4.69, 9.17) is 18.9 Å². The summed E-state index contributed by atoms with van der Waals surface area (Å²) in [7, 11) is 1.66. The first-order valence-corrected chi connectivity index (χ1v) is 5.89. The van der Waals surface area contributed by atoms with E-state index in [1.165, 1.54) is 0 Å². The fourth-order valence-corrected chi connectivity index (χ4v) is 1.80. The molecule has 0 spiro atoms. The highest BCUT2D eigenvalue weighted by atomic mass is 16.7. The maximum absolute atomic E-state index is 5.69. The molecular formula is C13H18O4. The Balaban J connectivity index is 2.15. The number of hydrogen-bond acceptors (Lipinski definition) is 4. The van der Waals surface area contributed by atoms with Gasteiger partial charge in [0.15, 0.2) is 11.5 Å². The van der Waals surface area contributed by atoms with E-state index in [0.717, 1.165) is 35.7 Å². The standard InChI is InChI=1S/C13H18O4/c1-3-4-10-7-12-13(17-9-16-12)8-11(10)15-6-5-14-2/h7-8H,3-6,9H2,1-2H3. The van der Waals surface area contributed by atoms with Gasteiger partial charge in [0.1, 0.15) is 12.4 Å². The van der Waals surface area contributed by atoms with E-state index in [9.17, 15) is 0 Å². The molecule has 17 heavy (non-hydrogen) atoms. The molecule has 1 aromatic rings. The van der Waals surface area contributed by atoms with Crippen molar-refractivity contribution in [3.8, 4) is 17.2 Å². The predicted octanol–water partition coefficient (Wildman–Crippen LogP) is 2.39. The highest BCUT2D eigenvalue weighted by molar-refractivity contribution is 5.51. The van der Waals surface area contributed by atoms with Crippen molar-refractivity contribution in [3.05, 3.63) is 17.7 Å². The van der Waals surface area contributed by atoms with Gasteiger partial charge < -0.3 is 18.9 Å². The van der Waals surface area contributed by atoms with Crippen LogP contribution in [0.15, 0.2) is 12.1 Å². The van der Waals surface area contributed by atoms with Gasteiger partial charge in [-0.3, -0.25) is 0 Å². The van der Waals surface area contributed by atoms with Crippen LogP contribution in [0.25, 0.3) is 0 Å². The summed E-state index contributed by atoms with van der Waals surface area (Å²) >= 11 is 0. The molecule has 1 heterocycles. The minimum Gasteiger partial charge on any atom is -0.491 e. The highest BCUT2D eigenvalue weighted by Crippen LogP contribution is 2.38. The lowest BCUT2D eigenvalue weighted by atomic mass is 10.1. The second-order valence-electron chi connectivity index (χ2n) is 3.90. The molecule has 0 N–H and O–H groups in total. The SMILES string of the molecule is CCCc1cc2c(cc1OCCOC)OCO2. The Bertz CT molecular complexity index is 376. The minimum atomic E-state index is 0.294. The van der Waals surface area contributed by atoms with Gasteiger partial charge in [-0.2, -0.15) is 0 Å². The van der Waals surface area contributed by atoms with Crippen molar-refractivity contribution in [2.24, 2.45) is 0 Å². The van der Waals surface area contributed by atoms with Crippen LogP contribution in [0.2, 0.25) is 0 Å². The first kappa shape index (κ1) is 12.0. The third-order valence-corrected chi connectivity index (χ3v) is 2.62. The predicted molar refractivity (Wildman–Crippen MR) is 63.9 cm³/mol. The molecule has 0 fully saturated rings. The van der Waals surface area contributed by atoms with Crippen LogP contribution in [0, 0.1) is 0 Å². The van der Waals surface area contributed by atoms with Crippen LogP contribution in [0.5, 0.6) is 17.2 Å². The van der Waals surface area contributed by atoms with E-state index in [1.807, 2.05) is 12.1 Å². The quantitative estimate of drug-likeness (QED) is 0.713. The average molecular weight is 238 g/mol. The summed E-state index contributed by atoms with van der Waals surface area (Å²) in [6.45, 7) is 3.57. The third-order valence-electron chi connectivity index (χ3n) is 2.62. The third kappa shape index (κ3) is 2.82. The van der Waals surface area contributed by atoms with Crippen molar-refractivity contribution in [2.75, 3.05) is 27.1 Å². The van der Waals surface area contributed by atoms with Crippen molar-refractivity contribution in [3.63, 3.8) is 0 Å². The fraction of sp³-hybridized carbons (Fsp3) is 0.538. The Kier molecular flexibility index (Phi) is 4.09. The molecule has 0 saturated carbocycles. The monoisotopic (exact) mass is 238 g/mol.